The van der Waals surface area contributed by atoms with Crippen LogP contribution in [0, 0.1) is 0 Å². The van der Waals surface area contributed by atoms with Crippen LogP contribution in [-0.2, 0) is 4.84 Å². The maximum atomic E-state index is 11.4. The topological polar surface area (TPSA) is 70.8 Å². The van der Waals surface area contributed by atoms with Gasteiger partial charge in [-0.05, 0) is 56.3 Å². The highest BCUT2D eigenvalue weighted by Crippen LogP contribution is 2.34. The van der Waals surface area contributed by atoms with Gasteiger partial charge in [0.1, 0.15) is 6.10 Å². The third kappa shape index (κ3) is 3.92. The van der Waals surface area contributed by atoms with Gasteiger partial charge in [-0.2, -0.15) is 0 Å². The van der Waals surface area contributed by atoms with E-state index in [4.69, 9.17) is 9.25 Å². The lowest BCUT2D eigenvalue weighted by Gasteiger charge is -2.35. The molecule has 1 atom stereocenters. The molecule has 2 aliphatic rings. The molecule has 0 amide bonds. The zero-order chi connectivity index (χ0) is 20.5. The van der Waals surface area contributed by atoms with Gasteiger partial charge in [-0.15, -0.1) is 0 Å². The first kappa shape index (κ1) is 19.1. The number of nitrogens with one attached hydrogen (secondary N) is 1. The van der Waals surface area contributed by atoms with E-state index in [-0.39, 0.29) is 6.10 Å². The van der Waals surface area contributed by atoms with E-state index in [2.05, 4.69) is 52.4 Å². The van der Waals surface area contributed by atoms with Crippen molar-refractivity contribution in [1.29, 1.82) is 0 Å². The highest BCUT2D eigenvalue weighted by Gasteiger charge is 2.29. The Morgan fingerprint density at radius 1 is 1.10 bits per heavy atom. The first-order valence-electron chi connectivity index (χ1n) is 10.8. The van der Waals surface area contributed by atoms with Crippen molar-refractivity contribution < 1.29 is 9.25 Å². The SMILES string of the molecule is CN(CC1CC(c2ccc3[nH]c(=O)oc3c2)=NO1)[C@H]1CC[C@H](c2ccccc2)CC1. The summed E-state index contributed by atoms with van der Waals surface area (Å²) in [6, 6.07) is 17.2. The minimum Gasteiger partial charge on any atom is -0.408 e. The Morgan fingerprint density at radius 3 is 2.70 bits per heavy atom. The molecule has 1 aliphatic heterocycles. The molecular weight excluding hydrogens is 378 g/mol. The van der Waals surface area contributed by atoms with E-state index in [1.807, 2.05) is 18.2 Å². The van der Waals surface area contributed by atoms with Gasteiger partial charge in [0.05, 0.1) is 11.2 Å². The molecule has 2 aromatic carbocycles. The van der Waals surface area contributed by atoms with Gasteiger partial charge in [0.25, 0.3) is 0 Å². The maximum Gasteiger partial charge on any atom is 0.417 e. The molecule has 1 unspecified atom stereocenters. The van der Waals surface area contributed by atoms with Crippen LogP contribution in [0.25, 0.3) is 11.1 Å². The summed E-state index contributed by atoms with van der Waals surface area (Å²) in [7, 11) is 2.20. The molecule has 1 aromatic heterocycles. The standard InChI is InChI=1S/C24H27N3O3/c1-27(19-10-7-17(8-11-19)16-5-3-2-4-6-16)15-20-14-22(26-30-20)18-9-12-21-23(13-18)29-24(28)25-21/h2-6,9,12-13,17,19-20H,7-8,10-11,14-15H2,1H3,(H,25,28)/t17-,19-,20?. The number of oxazole rings is 1. The van der Waals surface area contributed by atoms with Crippen molar-refractivity contribution in [2.75, 3.05) is 13.6 Å². The average Bonchev–Trinajstić information content (AvgIpc) is 3.39. The van der Waals surface area contributed by atoms with E-state index in [1.165, 1.54) is 31.2 Å². The van der Waals surface area contributed by atoms with Crippen LogP contribution in [-0.4, -0.2) is 41.3 Å². The normalized spacial score (nSPS) is 24.2. The lowest BCUT2D eigenvalue weighted by atomic mass is 9.81. The molecule has 156 valence electrons. The maximum absolute atomic E-state index is 11.4. The van der Waals surface area contributed by atoms with Gasteiger partial charge in [-0.3, -0.25) is 9.88 Å². The monoisotopic (exact) mass is 405 g/mol. The molecule has 1 aliphatic carbocycles. The summed E-state index contributed by atoms with van der Waals surface area (Å²) in [6.45, 7) is 0.870. The Kier molecular flexibility index (Phi) is 5.17. The molecule has 2 heterocycles. The molecule has 0 bridgehead atoms. The van der Waals surface area contributed by atoms with E-state index < -0.39 is 5.76 Å². The second kappa shape index (κ2) is 8.11. The molecule has 0 spiro atoms. The number of oxime groups is 1. The summed E-state index contributed by atoms with van der Waals surface area (Å²) in [6.07, 6.45) is 5.76. The van der Waals surface area contributed by atoms with Gasteiger partial charge >= 0.3 is 5.76 Å². The van der Waals surface area contributed by atoms with Crippen molar-refractivity contribution in [3.63, 3.8) is 0 Å². The molecule has 3 aromatic rings. The number of benzene rings is 2. The van der Waals surface area contributed by atoms with Crippen LogP contribution in [0.2, 0.25) is 0 Å². The molecule has 0 radical (unpaired) electrons. The summed E-state index contributed by atoms with van der Waals surface area (Å²) in [5, 5.41) is 4.31. The van der Waals surface area contributed by atoms with Crippen molar-refractivity contribution in [1.82, 2.24) is 9.88 Å². The molecule has 0 saturated heterocycles. The zero-order valence-corrected chi connectivity index (χ0v) is 17.2. The summed E-state index contributed by atoms with van der Waals surface area (Å²) >= 11 is 0. The molecule has 1 N–H and O–H groups in total. The van der Waals surface area contributed by atoms with E-state index in [0.717, 1.165) is 24.2 Å². The minimum absolute atomic E-state index is 0.0609. The summed E-state index contributed by atoms with van der Waals surface area (Å²) in [5.41, 5.74) is 4.58. The van der Waals surface area contributed by atoms with Crippen LogP contribution in [0.15, 0.2) is 62.9 Å². The first-order valence-corrected chi connectivity index (χ1v) is 10.8. The molecule has 6 heteroatoms. The van der Waals surface area contributed by atoms with Gasteiger partial charge in [-0.25, -0.2) is 4.79 Å². The molecular formula is C24H27N3O3. The van der Waals surface area contributed by atoms with Gasteiger partial charge in [0.15, 0.2) is 5.58 Å². The number of likely N-dealkylation sites (N-methyl/N-ethyl adjacent to an activating group) is 1. The Balaban J connectivity index is 1.15. The number of H-pyrrole nitrogens is 1. The number of aromatic nitrogens is 1. The zero-order valence-electron chi connectivity index (χ0n) is 17.2. The third-order valence-corrected chi connectivity index (χ3v) is 6.57. The first-order chi connectivity index (χ1) is 14.7. The fraction of sp³-hybridized carbons (Fsp3) is 0.417. The van der Waals surface area contributed by atoms with Crippen LogP contribution in [0.5, 0.6) is 0 Å². The molecule has 5 rings (SSSR count). The van der Waals surface area contributed by atoms with Crippen LogP contribution >= 0.6 is 0 Å². The number of hydrogen-bond acceptors (Lipinski definition) is 5. The number of rotatable bonds is 5. The average molecular weight is 405 g/mol. The van der Waals surface area contributed by atoms with Crippen LogP contribution < -0.4 is 5.76 Å². The minimum atomic E-state index is -0.437. The van der Waals surface area contributed by atoms with Gasteiger partial charge in [0.2, 0.25) is 0 Å². The van der Waals surface area contributed by atoms with E-state index >= 15 is 0 Å². The Morgan fingerprint density at radius 2 is 1.90 bits per heavy atom. The largest absolute Gasteiger partial charge is 0.417 e. The summed E-state index contributed by atoms with van der Waals surface area (Å²) in [4.78, 5) is 22.2. The van der Waals surface area contributed by atoms with Crippen molar-refractivity contribution in [2.24, 2.45) is 5.16 Å². The second-order valence-corrected chi connectivity index (χ2v) is 8.55. The van der Waals surface area contributed by atoms with Crippen LogP contribution in [0.4, 0.5) is 0 Å². The Labute approximate surface area is 175 Å². The van der Waals surface area contributed by atoms with Gasteiger partial charge in [-0.1, -0.05) is 41.6 Å². The summed E-state index contributed by atoms with van der Waals surface area (Å²) in [5.74, 6) is 0.255. The van der Waals surface area contributed by atoms with E-state index in [9.17, 15) is 4.79 Å². The molecule has 1 fully saturated rings. The fourth-order valence-corrected chi connectivity index (χ4v) is 4.87. The predicted octanol–water partition coefficient (Wildman–Crippen LogP) is 4.27. The van der Waals surface area contributed by atoms with Crippen LogP contribution in [0.1, 0.15) is 49.1 Å². The molecule has 1 saturated carbocycles. The Bertz CT molecular complexity index is 1090. The predicted molar refractivity (Wildman–Crippen MR) is 117 cm³/mol. The number of fused-ring (bicyclic) bond motifs is 1. The highest BCUT2D eigenvalue weighted by atomic mass is 16.6. The number of hydrogen-bond donors (Lipinski definition) is 1. The Hall–Kier alpha value is -2.86. The molecule has 6 nitrogen and oxygen atoms in total. The second-order valence-electron chi connectivity index (χ2n) is 8.55. The van der Waals surface area contributed by atoms with Crippen molar-refractivity contribution in [3.05, 3.63) is 70.2 Å². The van der Waals surface area contributed by atoms with Crippen molar-refractivity contribution in [3.8, 4) is 0 Å². The van der Waals surface area contributed by atoms with Gasteiger partial charge < -0.3 is 9.25 Å². The van der Waals surface area contributed by atoms with Crippen molar-refractivity contribution in [2.45, 2.75) is 50.2 Å². The van der Waals surface area contributed by atoms with Gasteiger partial charge in [0, 0.05) is 24.6 Å². The number of nitrogens with zero attached hydrogens (tertiary/aromatic N) is 2. The van der Waals surface area contributed by atoms with Crippen molar-refractivity contribution >= 4 is 16.8 Å². The fourth-order valence-electron chi connectivity index (χ4n) is 4.87. The highest BCUT2D eigenvalue weighted by molar-refractivity contribution is 6.03. The lowest BCUT2D eigenvalue weighted by molar-refractivity contribution is 0.0418. The quantitative estimate of drug-likeness (QED) is 0.688. The lowest BCUT2D eigenvalue weighted by Crippen LogP contribution is -2.39. The number of aromatic amines is 1. The summed E-state index contributed by atoms with van der Waals surface area (Å²) < 4.78 is 5.16. The smallest absolute Gasteiger partial charge is 0.408 e. The van der Waals surface area contributed by atoms with E-state index in [1.54, 1.807) is 0 Å². The van der Waals surface area contributed by atoms with Crippen LogP contribution in [0.3, 0.4) is 0 Å². The third-order valence-electron chi connectivity index (χ3n) is 6.57. The molecule has 30 heavy (non-hydrogen) atoms. The van der Waals surface area contributed by atoms with E-state index in [0.29, 0.717) is 23.1 Å².